The second-order valence-corrected chi connectivity index (χ2v) is 5.72. The van der Waals surface area contributed by atoms with Gasteiger partial charge in [-0.3, -0.25) is 0 Å². The van der Waals surface area contributed by atoms with Crippen molar-refractivity contribution in [2.75, 3.05) is 0 Å². The summed E-state index contributed by atoms with van der Waals surface area (Å²) in [5.74, 6) is 0.260. The highest BCUT2D eigenvalue weighted by molar-refractivity contribution is 5.39. The fourth-order valence-electron chi connectivity index (χ4n) is 2.95. The molecule has 0 spiro atoms. The molecule has 0 aliphatic heterocycles. The van der Waals surface area contributed by atoms with Gasteiger partial charge in [0, 0.05) is 0 Å². The molecule has 1 fully saturated rings. The van der Waals surface area contributed by atoms with Crippen molar-refractivity contribution in [1.29, 1.82) is 0 Å². The van der Waals surface area contributed by atoms with Gasteiger partial charge < -0.3 is 5.11 Å². The Kier molecular flexibility index (Phi) is 3.58. The molecule has 1 atom stereocenters. The first kappa shape index (κ1) is 13.3. The predicted molar refractivity (Wildman–Crippen MR) is 78.2 cm³/mol. The van der Waals surface area contributed by atoms with E-state index in [-0.39, 0.29) is 5.82 Å². The highest BCUT2D eigenvalue weighted by atomic mass is 19.1. The zero-order valence-corrected chi connectivity index (χ0v) is 11.6. The first-order valence-corrected chi connectivity index (χ1v) is 7.19. The van der Waals surface area contributed by atoms with Crippen LogP contribution in [0.5, 0.6) is 0 Å². The number of aliphatic hydroxyl groups excluding tert-OH is 1. The molecule has 1 aliphatic rings. The Balaban J connectivity index is 1.99. The van der Waals surface area contributed by atoms with Gasteiger partial charge in [-0.1, -0.05) is 36.8 Å². The normalized spacial score (nSPS) is 16.8. The summed E-state index contributed by atoms with van der Waals surface area (Å²) in [4.78, 5) is 0. The maximum Gasteiger partial charge on any atom is 0.123 e. The van der Waals surface area contributed by atoms with Gasteiger partial charge in [0.15, 0.2) is 0 Å². The molecule has 1 saturated carbocycles. The van der Waals surface area contributed by atoms with Gasteiger partial charge >= 0.3 is 0 Å². The molecular weight excluding hydrogens is 251 g/mol. The molecule has 1 unspecified atom stereocenters. The third kappa shape index (κ3) is 2.48. The first-order valence-electron chi connectivity index (χ1n) is 7.19. The molecule has 2 aromatic rings. The summed E-state index contributed by atoms with van der Waals surface area (Å²) < 4.78 is 13.5. The molecule has 0 saturated heterocycles. The van der Waals surface area contributed by atoms with Gasteiger partial charge in [-0.2, -0.15) is 0 Å². The lowest BCUT2D eigenvalue weighted by Crippen LogP contribution is -2.13. The van der Waals surface area contributed by atoms with Gasteiger partial charge in [-0.15, -0.1) is 0 Å². The van der Waals surface area contributed by atoms with Gasteiger partial charge in [0.1, 0.15) is 11.9 Å². The van der Waals surface area contributed by atoms with Gasteiger partial charge in [0.05, 0.1) is 0 Å². The van der Waals surface area contributed by atoms with Crippen molar-refractivity contribution >= 4 is 0 Å². The summed E-state index contributed by atoms with van der Waals surface area (Å²) in [6.07, 6.45) is 2.88. The van der Waals surface area contributed by atoms with Crippen molar-refractivity contribution in [3.05, 3.63) is 70.5 Å². The first-order chi connectivity index (χ1) is 9.65. The zero-order chi connectivity index (χ0) is 14.1. The molecule has 1 N–H and O–H groups in total. The number of aliphatic hydroxyl groups is 1. The van der Waals surface area contributed by atoms with Crippen LogP contribution in [-0.4, -0.2) is 5.11 Å². The minimum atomic E-state index is -0.749. The van der Waals surface area contributed by atoms with Crippen LogP contribution in [0.3, 0.4) is 0 Å². The highest BCUT2D eigenvalue weighted by Crippen LogP contribution is 2.40. The van der Waals surface area contributed by atoms with E-state index in [0.29, 0.717) is 11.5 Å². The Morgan fingerprint density at radius 3 is 2.55 bits per heavy atom. The number of rotatable bonds is 3. The van der Waals surface area contributed by atoms with Gasteiger partial charge in [-0.05, 0) is 60.1 Å². The maximum absolute atomic E-state index is 13.5. The Hall–Kier alpha value is -1.67. The fraction of sp³-hybridized carbons (Fsp3) is 0.333. The summed E-state index contributed by atoms with van der Waals surface area (Å²) in [5.41, 5.74) is 3.60. The van der Waals surface area contributed by atoms with Gasteiger partial charge in [-0.25, -0.2) is 4.39 Å². The standard InChI is InChI=1S/C18H19FO/c1-12-9-14(11-15(19)10-12)18(20)17-8-3-2-7-16(17)13-5-4-6-13/h2-3,7-11,13,18,20H,4-6H2,1H3. The molecule has 20 heavy (non-hydrogen) atoms. The average molecular weight is 270 g/mol. The number of hydrogen-bond donors (Lipinski definition) is 1. The van der Waals surface area contributed by atoms with Crippen LogP contribution >= 0.6 is 0 Å². The van der Waals surface area contributed by atoms with E-state index in [9.17, 15) is 9.50 Å². The molecule has 2 aromatic carbocycles. The van der Waals surface area contributed by atoms with Crippen molar-refractivity contribution in [2.24, 2.45) is 0 Å². The van der Waals surface area contributed by atoms with Gasteiger partial charge in [0.2, 0.25) is 0 Å². The van der Waals surface area contributed by atoms with Crippen molar-refractivity contribution in [2.45, 2.75) is 38.2 Å². The van der Waals surface area contributed by atoms with Crippen LogP contribution in [-0.2, 0) is 0 Å². The smallest absolute Gasteiger partial charge is 0.123 e. The van der Waals surface area contributed by atoms with E-state index < -0.39 is 6.10 Å². The minimum Gasteiger partial charge on any atom is -0.384 e. The fourth-order valence-corrected chi connectivity index (χ4v) is 2.95. The molecule has 2 heteroatoms. The summed E-state index contributed by atoms with van der Waals surface area (Å²) in [5, 5.41) is 10.6. The highest BCUT2D eigenvalue weighted by Gasteiger charge is 2.24. The third-order valence-corrected chi connectivity index (χ3v) is 4.22. The van der Waals surface area contributed by atoms with Crippen LogP contribution in [0.2, 0.25) is 0 Å². The second kappa shape index (κ2) is 5.37. The van der Waals surface area contributed by atoms with Crippen molar-refractivity contribution < 1.29 is 9.50 Å². The summed E-state index contributed by atoms with van der Waals surface area (Å²) >= 11 is 0. The Bertz CT molecular complexity index is 596. The summed E-state index contributed by atoms with van der Waals surface area (Å²) in [6.45, 7) is 1.84. The quantitative estimate of drug-likeness (QED) is 0.871. The lowest BCUT2D eigenvalue weighted by atomic mass is 9.77. The van der Waals surface area contributed by atoms with E-state index in [1.807, 2.05) is 31.2 Å². The van der Waals surface area contributed by atoms with Crippen LogP contribution in [0.1, 0.15) is 53.5 Å². The molecule has 0 aromatic heterocycles. The lowest BCUT2D eigenvalue weighted by Gasteiger charge is -2.29. The summed E-state index contributed by atoms with van der Waals surface area (Å²) in [7, 11) is 0. The molecule has 0 bridgehead atoms. The molecule has 3 rings (SSSR count). The zero-order valence-electron chi connectivity index (χ0n) is 11.6. The summed E-state index contributed by atoms with van der Waals surface area (Å²) in [6, 6.07) is 12.8. The second-order valence-electron chi connectivity index (χ2n) is 5.72. The van der Waals surface area contributed by atoms with Crippen LogP contribution in [0, 0.1) is 12.7 Å². The van der Waals surface area contributed by atoms with E-state index in [0.717, 1.165) is 11.1 Å². The molecular formula is C18H19FO. The van der Waals surface area contributed by atoms with E-state index >= 15 is 0 Å². The van der Waals surface area contributed by atoms with Crippen LogP contribution in [0.15, 0.2) is 42.5 Å². The largest absolute Gasteiger partial charge is 0.384 e. The van der Waals surface area contributed by atoms with Gasteiger partial charge in [0.25, 0.3) is 0 Å². The molecule has 104 valence electrons. The number of aryl methyl sites for hydroxylation is 1. The van der Waals surface area contributed by atoms with Crippen LogP contribution in [0.4, 0.5) is 4.39 Å². The maximum atomic E-state index is 13.5. The van der Waals surface area contributed by atoms with Crippen LogP contribution < -0.4 is 0 Å². The third-order valence-electron chi connectivity index (χ3n) is 4.22. The van der Waals surface area contributed by atoms with Crippen molar-refractivity contribution in [3.63, 3.8) is 0 Å². The Morgan fingerprint density at radius 1 is 1.15 bits per heavy atom. The molecule has 0 radical (unpaired) electrons. The van der Waals surface area contributed by atoms with E-state index in [4.69, 9.17) is 0 Å². The number of halogens is 1. The van der Waals surface area contributed by atoms with E-state index in [1.54, 1.807) is 0 Å². The van der Waals surface area contributed by atoms with E-state index in [2.05, 4.69) is 6.07 Å². The van der Waals surface area contributed by atoms with Crippen molar-refractivity contribution in [1.82, 2.24) is 0 Å². The monoisotopic (exact) mass is 270 g/mol. The van der Waals surface area contributed by atoms with E-state index in [1.165, 1.54) is 37.0 Å². The predicted octanol–water partition coefficient (Wildman–Crippen LogP) is 4.48. The molecule has 0 heterocycles. The molecule has 0 amide bonds. The SMILES string of the molecule is Cc1cc(F)cc(C(O)c2ccccc2C2CCC2)c1. The van der Waals surface area contributed by atoms with Crippen molar-refractivity contribution in [3.8, 4) is 0 Å². The Labute approximate surface area is 119 Å². The molecule has 1 aliphatic carbocycles. The number of benzene rings is 2. The molecule has 1 nitrogen and oxygen atoms in total. The Morgan fingerprint density at radius 2 is 1.90 bits per heavy atom. The average Bonchev–Trinajstić information content (AvgIpc) is 2.35. The topological polar surface area (TPSA) is 20.2 Å². The van der Waals surface area contributed by atoms with Crippen LogP contribution in [0.25, 0.3) is 0 Å². The lowest BCUT2D eigenvalue weighted by molar-refractivity contribution is 0.216. The number of hydrogen-bond acceptors (Lipinski definition) is 1. The minimum absolute atomic E-state index is 0.292.